The average molecular weight is 335 g/mol. The van der Waals surface area contributed by atoms with Gasteiger partial charge in [-0.2, -0.15) is 4.98 Å². The minimum atomic E-state index is -0.287. The van der Waals surface area contributed by atoms with Gasteiger partial charge >= 0.3 is 5.69 Å². The van der Waals surface area contributed by atoms with Gasteiger partial charge in [0.25, 0.3) is 11.8 Å². The summed E-state index contributed by atoms with van der Waals surface area (Å²) in [5.41, 5.74) is 2.84. The van der Waals surface area contributed by atoms with Crippen LogP contribution < -0.4 is 11.0 Å². The van der Waals surface area contributed by atoms with Gasteiger partial charge in [0.1, 0.15) is 0 Å². The lowest BCUT2D eigenvalue weighted by molar-refractivity contribution is 0.102. The van der Waals surface area contributed by atoms with Gasteiger partial charge in [-0.3, -0.25) is 4.79 Å². The Morgan fingerprint density at radius 2 is 1.84 bits per heavy atom. The molecule has 0 atom stereocenters. The number of aromatic amines is 2. The number of aromatic nitrogens is 4. The number of rotatable bonds is 3. The van der Waals surface area contributed by atoms with E-state index in [-0.39, 0.29) is 11.6 Å². The van der Waals surface area contributed by atoms with Crippen molar-refractivity contribution < 1.29 is 9.32 Å². The number of fused-ring (bicyclic) bond motifs is 1. The molecule has 2 aromatic heterocycles. The molecule has 0 radical (unpaired) electrons. The van der Waals surface area contributed by atoms with Gasteiger partial charge in [-0.25, -0.2) is 4.79 Å². The van der Waals surface area contributed by atoms with Crippen molar-refractivity contribution in [3.05, 3.63) is 64.3 Å². The van der Waals surface area contributed by atoms with Crippen LogP contribution in [0, 0.1) is 6.92 Å². The topological polar surface area (TPSA) is 117 Å². The zero-order valence-electron chi connectivity index (χ0n) is 13.2. The number of imidazole rings is 1. The largest absolute Gasteiger partial charge is 0.334 e. The Balaban J connectivity index is 1.54. The first kappa shape index (κ1) is 14.9. The van der Waals surface area contributed by atoms with E-state index in [0.29, 0.717) is 34.0 Å². The quantitative estimate of drug-likeness (QED) is 0.532. The highest BCUT2D eigenvalue weighted by Crippen LogP contribution is 2.19. The van der Waals surface area contributed by atoms with E-state index in [1.807, 2.05) is 0 Å². The molecule has 8 nitrogen and oxygen atoms in total. The van der Waals surface area contributed by atoms with Crippen LogP contribution in [0.15, 0.2) is 51.8 Å². The van der Waals surface area contributed by atoms with Crippen LogP contribution >= 0.6 is 0 Å². The molecule has 0 spiro atoms. The van der Waals surface area contributed by atoms with E-state index in [0.717, 1.165) is 5.56 Å². The first-order chi connectivity index (χ1) is 12.1. The fraction of sp³-hybridized carbons (Fsp3) is 0.0588. The summed E-state index contributed by atoms with van der Waals surface area (Å²) in [5.74, 6) is 0.701. The van der Waals surface area contributed by atoms with Crippen molar-refractivity contribution in [3.63, 3.8) is 0 Å². The second-order valence-corrected chi connectivity index (χ2v) is 5.52. The highest BCUT2D eigenvalue weighted by molar-refractivity contribution is 6.05. The summed E-state index contributed by atoms with van der Waals surface area (Å²) >= 11 is 0. The van der Waals surface area contributed by atoms with Crippen LogP contribution in [0.25, 0.3) is 22.5 Å². The Kier molecular flexibility index (Phi) is 3.42. The van der Waals surface area contributed by atoms with E-state index in [1.54, 1.807) is 49.4 Å². The van der Waals surface area contributed by atoms with E-state index in [1.165, 1.54) is 0 Å². The fourth-order valence-corrected chi connectivity index (χ4v) is 2.49. The summed E-state index contributed by atoms with van der Waals surface area (Å²) in [7, 11) is 0. The lowest BCUT2D eigenvalue weighted by Gasteiger charge is -2.05. The molecule has 1 amide bonds. The standard InChI is InChI=1S/C17H13N5O3/c1-9-18-16(25-22-9)11-4-2-10(3-5-11)15(23)19-12-6-7-13-14(8-12)21-17(24)20-13/h2-8H,1H3,(H,19,23)(H2,20,21,24). The molecule has 4 rings (SSSR count). The predicted octanol–water partition coefficient (Wildman–Crippen LogP) is 2.47. The number of H-pyrrole nitrogens is 2. The van der Waals surface area contributed by atoms with Crippen molar-refractivity contribution in [2.24, 2.45) is 0 Å². The summed E-state index contributed by atoms with van der Waals surface area (Å²) in [6.07, 6.45) is 0. The summed E-state index contributed by atoms with van der Waals surface area (Å²) in [4.78, 5) is 33.1. The van der Waals surface area contributed by atoms with Gasteiger partial charge in [-0.1, -0.05) is 5.16 Å². The van der Waals surface area contributed by atoms with Gasteiger partial charge in [0, 0.05) is 16.8 Å². The predicted molar refractivity (Wildman–Crippen MR) is 91.3 cm³/mol. The van der Waals surface area contributed by atoms with Crippen molar-refractivity contribution in [1.82, 2.24) is 20.1 Å². The minimum Gasteiger partial charge on any atom is -0.334 e. The number of benzene rings is 2. The zero-order valence-corrected chi connectivity index (χ0v) is 13.2. The number of carbonyl (C=O) groups excluding carboxylic acids is 1. The SMILES string of the molecule is Cc1noc(-c2ccc(C(=O)Nc3ccc4[nH]c(=O)[nH]c4c3)cc2)n1. The smallest absolute Gasteiger partial charge is 0.323 e. The molecule has 0 aliphatic carbocycles. The van der Waals surface area contributed by atoms with Gasteiger partial charge in [0.05, 0.1) is 11.0 Å². The van der Waals surface area contributed by atoms with Crippen LogP contribution in [0.1, 0.15) is 16.2 Å². The molecule has 0 aliphatic rings. The molecular formula is C17H13N5O3. The minimum absolute atomic E-state index is 0.259. The first-order valence-corrected chi connectivity index (χ1v) is 7.53. The third-order valence-corrected chi connectivity index (χ3v) is 3.70. The third-order valence-electron chi connectivity index (χ3n) is 3.70. The molecule has 0 saturated carbocycles. The molecule has 124 valence electrons. The third kappa shape index (κ3) is 2.92. The van der Waals surface area contributed by atoms with Crippen molar-refractivity contribution >= 4 is 22.6 Å². The van der Waals surface area contributed by atoms with Gasteiger partial charge in [0.2, 0.25) is 0 Å². The molecule has 0 bridgehead atoms. The monoisotopic (exact) mass is 335 g/mol. The number of nitrogens with one attached hydrogen (secondary N) is 3. The molecule has 4 aromatic rings. The second kappa shape index (κ2) is 5.75. The second-order valence-electron chi connectivity index (χ2n) is 5.52. The highest BCUT2D eigenvalue weighted by Gasteiger charge is 2.10. The molecule has 0 aliphatic heterocycles. The molecule has 25 heavy (non-hydrogen) atoms. The Morgan fingerprint density at radius 1 is 1.08 bits per heavy atom. The molecule has 2 heterocycles. The summed E-state index contributed by atoms with van der Waals surface area (Å²) < 4.78 is 5.10. The van der Waals surface area contributed by atoms with Crippen LogP contribution in [0.2, 0.25) is 0 Å². The van der Waals surface area contributed by atoms with Crippen LogP contribution in [-0.2, 0) is 0 Å². The normalized spacial score (nSPS) is 10.9. The van der Waals surface area contributed by atoms with Gasteiger partial charge in [-0.05, 0) is 49.4 Å². The molecule has 0 fully saturated rings. The first-order valence-electron chi connectivity index (χ1n) is 7.53. The number of anilines is 1. The summed E-state index contributed by atoms with van der Waals surface area (Å²) in [6.45, 7) is 1.74. The van der Waals surface area contributed by atoms with Crippen LogP contribution in [0.4, 0.5) is 5.69 Å². The zero-order chi connectivity index (χ0) is 17.4. The van der Waals surface area contributed by atoms with Crippen LogP contribution in [0.5, 0.6) is 0 Å². The summed E-state index contributed by atoms with van der Waals surface area (Å²) in [5, 5.41) is 6.54. The van der Waals surface area contributed by atoms with E-state index in [2.05, 4.69) is 25.4 Å². The van der Waals surface area contributed by atoms with E-state index >= 15 is 0 Å². The highest BCUT2D eigenvalue weighted by atomic mass is 16.5. The Morgan fingerprint density at radius 3 is 2.56 bits per heavy atom. The average Bonchev–Trinajstić information content (AvgIpc) is 3.19. The number of nitrogens with zero attached hydrogens (tertiary/aromatic N) is 2. The number of hydrogen-bond donors (Lipinski definition) is 3. The van der Waals surface area contributed by atoms with Crippen molar-refractivity contribution in [2.75, 3.05) is 5.32 Å². The number of amides is 1. The van der Waals surface area contributed by atoms with Crippen LogP contribution in [-0.4, -0.2) is 26.0 Å². The lowest BCUT2D eigenvalue weighted by Crippen LogP contribution is -2.11. The van der Waals surface area contributed by atoms with Crippen molar-refractivity contribution in [2.45, 2.75) is 6.92 Å². The molecule has 0 saturated heterocycles. The van der Waals surface area contributed by atoms with Crippen molar-refractivity contribution in [1.29, 1.82) is 0 Å². The Bertz CT molecular complexity index is 1120. The maximum atomic E-state index is 12.4. The lowest BCUT2D eigenvalue weighted by atomic mass is 10.1. The number of hydrogen-bond acceptors (Lipinski definition) is 5. The van der Waals surface area contributed by atoms with E-state index in [9.17, 15) is 9.59 Å². The van der Waals surface area contributed by atoms with Crippen molar-refractivity contribution in [3.8, 4) is 11.5 Å². The van der Waals surface area contributed by atoms with E-state index < -0.39 is 0 Å². The van der Waals surface area contributed by atoms with E-state index in [4.69, 9.17) is 4.52 Å². The summed E-state index contributed by atoms with van der Waals surface area (Å²) in [6, 6.07) is 12.0. The van der Waals surface area contributed by atoms with Gasteiger partial charge < -0.3 is 19.8 Å². The molecular weight excluding hydrogens is 322 g/mol. The van der Waals surface area contributed by atoms with Gasteiger partial charge in [-0.15, -0.1) is 0 Å². The Hall–Kier alpha value is -3.68. The number of aryl methyl sites for hydroxylation is 1. The number of carbonyl (C=O) groups is 1. The fourth-order valence-electron chi connectivity index (χ4n) is 2.49. The maximum Gasteiger partial charge on any atom is 0.323 e. The molecule has 0 unspecified atom stereocenters. The Labute approximate surface area is 140 Å². The maximum absolute atomic E-state index is 12.4. The van der Waals surface area contributed by atoms with Gasteiger partial charge in [0.15, 0.2) is 5.82 Å². The molecule has 2 aromatic carbocycles. The molecule has 8 heteroatoms. The van der Waals surface area contributed by atoms with Crippen LogP contribution in [0.3, 0.4) is 0 Å². The molecule has 3 N–H and O–H groups in total.